The highest BCUT2D eigenvalue weighted by Gasteiger charge is 2.09. The molecule has 1 aromatic heterocycles. The number of nitrogens with zero attached hydrogens (tertiary/aromatic N) is 2. The summed E-state index contributed by atoms with van der Waals surface area (Å²) < 4.78 is 25.0. The molecular formula is C16H16ClN3O3S. The van der Waals surface area contributed by atoms with Gasteiger partial charge >= 0.3 is 0 Å². The molecule has 2 aromatic carbocycles. The zero-order valence-electron chi connectivity index (χ0n) is 12.8. The van der Waals surface area contributed by atoms with Gasteiger partial charge in [0.25, 0.3) is 5.56 Å². The molecule has 0 amide bonds. The molecule has 126 valence electrons. The predicted octanol–water partition coefficient (Wildman–Crippen LogP) is 1.88. The van der Waals surface area contributed by atoms with Gasteiger partial charge in [-0.05, 0) is 23.8 Å². The van der Waals surface area contributed by atoms with Crippen LogP contribution in [-0.2, 0) is 24.4 Å². The molecule has 0 spiro atoms. The molecule has 0 saturated carbocycles. The maximum atomic E-state index is 12.1. The van der Waals surface area contributed by atoms with E-state index in [0.717, 1.165) is 16.6 Å². The summed E-state index contributed by atoms with van der Waals surface area (Å²) in [6, 6.07) is 14.5. The monoisotopic (exact) mass is 365 g/mol. The van der Waals surface area contributed by atoms with Crippen molar-refractivity contribution in [2.45, 2.75) is 6.42 Å². The Hall–Kier alpha value is -2.38. The summed E-state index contributed by atoms with van der Waals surface area (Å²) in [5.41, 5.74) is 2.18. The van der Waals surface area contributed by atoms with Crippen molar-refractivity contribution in [1.82, 2.24) is 9.78 Å². The lowest BCUT2D eigenvalue weighted by molar-refractivity contribution is 0.619. The first-order valence-electron chi connectivity index (χ1n) is 6.99. The second kappa shape index (κ2) is 7.46. The number of anilines is 1. The van der Waals surface area contributed by atoms with Gasteiger partial charge in [0.2, 0.25) is 10.9 Å². The summed E-state index contributed by atoms with van der Waals surface area (Å²) in [7, 11) is -1.03. The van der Waals surface area contributed by atoms with Crippen molar-refractivity contribution in [3.63, 3.8) is 0 Å². The molecule has 3 rings (SSSR count). The Bertz CT molecular complexity index is 990. The van der Waals surface area contributed by atoms with Crippen LogP contribution in [0.25, 0.3) is 10.8 Å². The van der Waals surface area contributed by atoms with E-state index in [1.165, 1.54) is 4.68 Å². The number of aromatic nitrogens is 2. The van der Waals surface area contributed by atoms with Crippen LogP contribution in [0.4, 0.5) is 5.69 Å². The Morgan fingerprint density at radius 1 is 1.04 bits per heavy atom. The van der Waals surface area contributed by atoms with Crippen molar-refractivity contribution >= 4 is 39.8 Å². The quantitative estimate of drug-likeness (QED) is 0.692. The second-order valence-corrected chi connectivity index (χ2v) is 5.90. The summed E-state index contributed by atoms with van der Waals surface area (Å²) in [4.78, 5) is 12.1. The number of hydrogen-bond donors (Lipinski definition) is 2. The fourth-order valence-electron chi connectivity index (χ4n) is 2.50. The van der Waals surface area contributed by atoms with Crippen molar-refractivity contribution in [2.75, 3.05) is 4.72 Å². The van der Waals surface area contributed by atoms with Gasteiger partial charge in [-0.2, -0.15) is 5.10 Å². The van der Waals surface area contributed by atoms with Crippen LogP contribution in [0.3, 0.4) is 0 Å². The lowest BCUT2D eigenvalue weighted by atomic mass is 10.0. The highest BCUT2D eigenvalue weighted by atomic mass is 35.5. The highest BCUT2D eigenvalue weighted by Crippen LogP contribution is 2.18. The zero-order chi connectivity index (χ0) is 16.4. The van der Waals surface area contributed by atoms with Crippen LogP contribution >= 0.6 is 12.4 Å². The van der Waals surface area contributed by atoms with Crippen LogP contribution in [0.2, 0.25) is 0 Å². The summed E-state index contributed by atoms with van der Waals surface area (Å²) in [5.74, 6) is 0. The van der Waals surface area contributed by atoms with Crippen molar-refractivity contribution in [2.24, 2.45) is 7.05 Å². The molecule has 8 heteroatoms. The Kier molecular flexibility index (Phi) is 5.58. The van der Waals surface area contributed by atoms with Gasteiger partial charge in [0.05, 0.1) is 11.1 Å². The van der Waals surface area contributed by atoms with E-state index in [9.17, 15) is 13.2 Å². The van der Waals surface area contributed by atoms with Crippen LogP contribution in [0.5, 0.6) is 0 Å². The predicted molar refractivity (Wildman–Crippen MR) is 97.4 cm³/mol. The first kappa shape index (κ1) is 18.0. The van der Waals surface area contributed by atoms with E-state index in [-0.39, 0.29) is 18.0 Å². The third-order valence-corrected chi connectivity index (χ3v) is 4.02. The molecule has 0 bridgehead atoms. The average Bonchev–Trinajstić information content (AvgIpc) is 2.54. The van der Waals surface area contributed by atoms with Gasteiger partial charge in [-0.25, -0.2) is 13.1 Å². The van der Waals surface area contributed by atoms with E-state index in [4.69, 9.17) is 0 Å². The largest absolute Gasteiger partial charge is 0.286 e. The van der Waals surface area contributed by atoms with Gasteiger partial charge in [-0.1, -0.05) is 30.3 Å². The van der Waals surface area contributed by atoms with Crippen molar-refractivity contribution in [1.29, 1.82) is 0 Å². The van der Waals surface area contributed by atoms with Gasteiger partial charge in [0, 0.05) is 24.5 Å². The second-order valence-electron chi connectivity index (χ2n) is 5.16. The van der Waals surface area contributed by atoms with Crippen molar-refractivity contribution < 1.29 is 8.42 Å². The van der Waals surface area contributed by atoms with E-state index >= 15 is 0 Å². The summed E-state index contributed by atoms with van der Waals surface area (Å²) in [6.45, 7) is 0. The fourth-order valence-corrected chi connectivity index (χ4v) is 2.86. The summed E-state index contributed by atoms with van der Waals surface area (Å²) in [6.07, 6.45) is 0.554. The van der Waals surface area contributed by atoms with E-state index in [2.05, 4.69) is 9.82 Å². The standard InChI is InChI=1S/C16H15N3O3S.ClH/c1-19-16(20)14-5-3-2-4-13(14)15(17-19)10-11-6-8-12(9-7-11)18-23(21)22;/h2-9,23H,10H2,1H3,(H,18,21,22);1H. The Balaban J connectivity index is 0.00000208. The number of thiol groups is 1. The Morgan fingerprint density at radius 3 is 2.29 bits per heavy atom. The highest BCUT2D eigenvalue weighted by molar-refractivity contribution is 7.73. The van der Waals surface area contributed by atoms with Gasteiger partial charge in [0.15, 0.2) is 0 Å². The molecule has 0 atom stereocenters. The maximum Gasteiger partial charge on any atom is 0.274 e. The molecule has 0 saturated heterocycles. The smallest absolute Gasteiger partial charge is 0.274 e. The zero-order valence-corrected chi connectivity index (χ0v) is 14.5. The van der Waals surface area contributed by atoms with Crippen LogP contribution < -0.4 is 10.3 Å². The van der Waals surface area contributed by atoms with E-state index in [0.29, 0.717) is 17.5 Å². The van der Waals surface area contributed by atoms with E-state index < -0.39 is 10.9 Å². The first-order valence-corrected chi connectivity index (χ1v) is 8.17. The van der Waals surface area contributed by atoms with Crippen LogP contribution in [0.15, 0.2) is 53.3 Å². The molecule has 0 aliphatic rings. The van der Waals surface area contributed by atoms with Crippen LogP contribution in [0, 0.1) is 0 Å². The number of halogens is 1. The number of aryl methyl sites for hydroxylation is 1. The SMILES string of the molecule is Cl.Cn1nc(Cc2ccc(N[SH](=O)=O)cc2)c2ccccc2c1=O. The van der Waals surface area contributed by atoms with Crippen LogP contribution in [-0.4, -0.2) is 18.2 Å². The molecule has 1 heterocycles. The molecule has 0 radical (unpaired) electrons. The third kappa shape index (κ3) is 3.74. The lowest BCUT2D eigenvalue weighted by Crippen LogP contribution is -2.21. The van der Waals surface area contributed by atoms with Gasteiger partial charge in [-0.15, -0.1) is 12.4 Å². The Morgan fingerprint density at radius 2 is 1.67 bits per heavy atom. The van der Waals surface area contributed by atoms with Gasteiger partial charge in [-0.3, -0.25) is 9.52 Å². The van der Waals surface area contributed by atoms with E-state index in [1.807, 2.05) is 30.3 Å². The van der Waals surface area contributed by atoms with Gasteiger partial charge < -0.3 is 0 Å². The Labute approximate surface area is 146 Å². The summed E-state index contributed by atoms with van der Waals surface area (Å²) in [5, 5.41) is 5.83. The number of fused-ring (bicyclic) bond motifs is 1. The van der Waals surface area contributed by atoms with Crippen molar-refractivity contribution in [3.05, 3.63) is 70.1 Å². The third-order valence-electron chi connectivity index (χ3n) is 3.58. The molecule has 6 nitrogen and oxygen atoms in total. The summed E-state index contributed by atoms with van der Waals surface area (Å²) >= 11 is 0. The molecule has 0 fully saturated rings. The molecular weight excluding hydrogens is 350 g/mol. The molecule has 24 heavy (non-hydrogen) atoms. The minimum Gasteiger partial charge on any atom is -0.286 e. The number of nitrogens with one attached hydrogen (secondary N) is 1. The molecule has 1 N–H and O–H groups in total. The minimum atomic E-state index is -2.67. The van der Waals surface area contributed by atoms with Crippen LogP contribution in [0.1, 0.15) is 11.3 Å². The lowest BCUT2D eigenvalue weighted by Gasteiger charge is -2.08. The molecule has 0 aliphatic carbocycles. The average molecular weight is 366 g/mol. The molecule has 0 aliphatic heterocycles. The number of hydrogen-bond acceptors (Lipinski definition) is 4. The number of rotatable bonds is 4. The van der Waals surface area contributed by atoms with E-state index in [1.54, 1.807) is 25.2 Å². The molecule has 0 unspecified atom stereocenters. The normalized spacial score (nSPS) is 10.6. The maximum absolute atomic E-state index is 12.1. The molecule has 3 aromatic rings. The minimum absolute atomic E-state index is 0. The number of benzene rings is 2. The fraction of sp³-hybridized carbons (Fsp3) is 0.125. The van der Waals surface area contributed by atoms with Gasteiger partial charge in [0.1, 0.15) is 0 Å². The topological polar surface area (TPSA) is 81.1 Å². The first-order chi connectivity index (χ1) is 11.0. The van der Waals surface area contributed by atoms with Crippen molar-refractivity contribution in [3.8, 4) is 0 Å².